The number of methoxy groups -OCH3 is 1. The van der Waals surface area contributed by atoms with Gasteiger partial charge in [-0.1, -0.05) is 12.1 Å². The van der Waals surface area contributed by atoms with Crippen LogP contribution in [0.15, 0.2) is 54.9 Å². The normalized spacial score (nSPS) is 16.3. The summed E-state index contributed by atoms with van der Waals surface area (Å²) < 4.78 is 6.92. The number of nitrogens with one attached hydrogen (secondary N) is 1. The average Bonchev–Trinajstić information content (AvgIpc) is 3.34. The van der Waals surface area contributed by atoms with Gasteiger partial charge < -0.3 is 15.0 Å². The summed E-state index contributed by atoms with van der Waals surface area (Å²) in [7, 11) is 1.66. The van der Waals surface area contributed by atoms with Crippen molar-refractivity contribution in [1.82, 2.24) is 25.3 Å². The summed E-state index contributed by atoms with van der Waals surface area (Å²) in [5, 5.41) is 15.9. The first-order chi connectivity index (χ1) is 14.7. The Labute approximate surface area is 175 Å². The molecule has 0 unspecified atom stereocenters. The summed E-state index contributed by atoms with van der Waals surface area (Å²) in [6.07, 6.45) is 6.16. The number of hydrogen-bond acceptors (Lipinski definition) is 6. The topological polar surface area (TPSA) is 85.2 Å². The van der Waals surface area contributed by atoms with Crippen LogP contribution in [0.3, 0.4) is 0 Å². The van der Waals surface area contributed by atoms with Crippen LogP contribution in [0.4, 0.5) is 5.82 Å². The Hall–Kier alpha value is -3.42. The van der Waals surface area contributed by atoms with Crippen LogP contribution in [0.2, 0.25) is 0 Å². The Morgan fingerprint density at radius 3 is 2.83 bits per heavy atom. The molecule has 156 valence electrons. The lowest BCUT2D eigenvalue weighted by Gasteiger charge is -2.32. The Morgan fingerprint density at radius 2 is 2.07 bits per heavy atom. The smallest absolute Gasteiger partial charge is 0.224 e. The van der Waals surface area contributed by atoms with E-state index in [-0.39, 0.29) is 11.8 Å². The van der Waals surface area contributed by atoms with E-state index in [1.807, 2.05) is 48.7 Å². The molecule has 1 saturated heterocycles. The second-order valence-electron chi connectivity index (χ2n) is 7.38. The number of amides is 1. The summed E-state index contributed by atoms with van der Waals surface area (Å²) in [6.45, 7) is 2.14. The fourth-order valence-electron chi connectivity index (χ4n) is 3.71. The van der Waals surface area contributed by atoms with Gasteiger partial charge in [-0.3, -0.25) is 4.79 Å². The number of ether oxygens (including phenoxy) is 1. The summed E-state index contributed by atoms with van der Waals surface area (Å²) in [5.41, 5.74) is 1.15. The number of rotatable bonds is 7. The van der Waals surface area contributed by atoms with Gasteiger partial charge in [0.05, 0.1) is 13.0 Å². The molecule has 1 aliphatic heterocycles. The fraction of sp³-hybridized carbons (Fsp3) is 0.364. The number of piperidine rings is 1. The van der Waals surface area contributed by atoms with Gasteiger partial charge in [-0.15, -0.1) is 10.2 Å². The molecule has 0 saturated carbocycles. The van der Waals surface area contributed by atoms with Crippen molar-refractivity contribution in [3.63, 3.8) is 0 Å². The minimum atomic E-state index is -0.0448. The summed E-state index contributed by atoms with van der Waals surface area (Å²) in [5.74, 6) is 2.36. The number of carbonyl (C=O) groups excluding carboxylic acids is 1. The average molecular weight is 406 g/mol. The zero-order valence-electron chi connectivity index (χ0n) is 17.1. The molecular formula is C22H26N6O2. The van der Waals surface area contributed by atoms with Crippen molar-refractivity contribution in [3.05, 3.63) is 60.4 Å². The van der Waals surface area contributed by atoms with Gasteiger partial charge >= 0.3 is 0 Å². The van der Waals surface area contributed by atoms with Crippen molar-refractivity contribution in [2.45, 2.75) is 19.3 Å². The predicted molar refractivity (Wildman–Crippen MR) is 114 cm³/mol. The molecule has 30 heavy (non-hydrogen) atoms. The largest absolute Gasteiger partial charge is 0.497 e. The highest BCUT2D eigenvalue weighted by atomic mass is 16.5. The molecular weight excluding hydrogens is 380 g/mol. The molecule has 0 spiro atoms. The molecule has 0 aliphatic carbocycles. The summed E-state index contributed by atoms with van der Waals surface area (Å²) in [4.78, 5) is 14.8. The van der Waals surface area contributed by atoms with Gasteiger partial charge in [0.2, 0.25) is 5.91 Å². The van der Waals surface area contributed by atoms with E-state index in [0.29, 0.717) is 18.9 Å². The van der Waals surface area contributed by atoms with Crippen molar-refractivity contribution < 1.29 is 9.53 Å². The Kier molecular flexibility index (Phi) is 6.22. The van der Waals surface area contributed by atoms with E-state index in [2.05, 4.69) is 25.5 Å². The number of hydrogen-bond donors (Lipinski definition) is 1. The first kappa shape index (κ1) is 19.9. The van der Waals surface area contributed by atoms with Crippen molar-refractivity contribution >= 4 is 11.7 Å². The summed E-state index contributed by atoms with van der Waals surface area (Å²) in [6, 6.07) is 13.6. The van der Waals surface area contributed by atoms with Crippen LogP contribution in [0.5, 0.6) is 5.75 Å². The van der Waals surface area contributed by atoms with E-state index in [0.717, 1.165) is 42.9 Å². The maximum Gasteiger partial charge on any atom is 0.224 e. The lowest BCUT2D eigenvalue weighted by atomic mass is 9.97. The Balaban J connectivity index is 1.30. The van der Waals surface area contributed by atoms with E-state index < -0.39 is 0 Å². The van der Waals surface area contributed by atoms with Crippen LogP contribution < -0.4 is 15.0 Å². The maximum atomic E-state index is 12.7. The molecule has 1 atom stereocenters. The highest BCUT2D eigenvalue weighted by Crippen LogP contribution is 2.22. The Bertz CT molecular complexity index is 958. The van der Waals surface area contributed by atoms with E-state index in [1.165, 1.54) is 0 Å². The van der Waals surface area contributed by atoms with Gasteiger partial charge in [0.1, 0.15) is 5.75 Å². The van der Waals surface area contributed by atoms with E-state index in [4.69, 9.17) is 4.74 Å². The molecule has 2 aromatic heterocycles. The van der Waals surface area contributed by atoms with Crippen LogP contribution in [0.1, 0.15) is 18.4 Å². The monoisotopic (exact) mass is 406 g/mol. The van der Waals surface area contributed by atoms with Crippen molar-refractivity contribution in [2.24, 2.45) is 5.92 Å². The summed E-state index contributed by atoms with van der Waals surface area (Å²) >= 11 is 0. The molecule has 3 aromatic rings. The molecule has 4 rings (SSSR count). The second kappa shape index (κ2) is 9.39. The first-order valence-corrected chi connectivity index (χ1v) is 10.2. The van der Waals surface area contributed by atoms with Gasteiger partial charge in [-0.25, -0.2) is 4.68 Å². The Morgan fingerprint density at radius 1 is 1.20 bits per heavy atom. The molecule has 1 fully saturated rings. The SMILES string of the molecule is COc1cccc(CCNC(=O)[C@@H]2CCCN(c3ccc(-n4cccn4)nn3)C2)c1. The molecule has 1 aliphatic rings. The maximum absolute atomic E-state index is 12.7. The van der Waals surface area contributed by atoms with Crippen LogP contribution in [0, 0.1) is 5.92 Å². The number of benzene rings is 1. The lowest BCUT2D eigenvalue weighted by Crippen LogP contribution is -2.43. The lowest BCUT2D eigenvalue weighted by molar-refractivity contribution is -0.125. The minimum Gasteiger partial charge on any atom is -0.497 e. The molecule has 8 nitrogen and oxygen atoms in total. The minimum absolute atomic E-state index is 0.0448. The third kappa shape index (κ3) is 4.76. The molecule has 0 radical (unpaired) electrons. The van der Waals surface area contributed by atoms with Gasteiger partial charge in [0, 0.05) is 32.0 Å². The van der Waals surface area contributed by atoms with Crippen LogP contribution in [0.25, 0.3) is 5.82 Å². The van der Waals surface area contributed by atoms with Gasteiger partial charge in [0.15, 0.2) is 11.6 Å². The van der Waals surface area contributed by atoms with Crippen LogP contribution >= 0.6 is 0 Å². The van der Waals surface area contributed by atoms with E-state index >= 15 is 0 Å². The zero-order chi connectivity index (χ0) is 20.8. The first-order valence-electron chi connectivity index (χ1n) is 10.2. The molecule has 8 heteroatoms. The number of nitrogens with zero attached hydrogens (tertiary/aromatic N) is 5. The van der Waals surface area contributed by atoms with Crippen molar-refractivity contribution in [1.29, 1.82) is 0 Å². The van der Waals surface area contributed by atoms with Gasteiger partial charge in [-0.05, 0) is 55.2 Å². The van der Waals surface area contributed by atoms with E-state index in [1.54, 1.807) is 18.0 Å². The van der Waals surface area contributed by atoms with Crippen molar-refractivity contribution in [2.75, 3.05) is 31.6 Å². The van der Waals surface area contributed by atoms with Crippen molar-refractivity contribution in [3.8, 4) is 11.6 Å². The van der Waals surface area contributed by atoms with Gasteiger partial charge in [-0.2, -0.15) is 5.10 Å². The zero-order valence-corrected chi connectivity index (χ0v) is 17.1. The number of anilines is 1. The van der Waals surface area contributed by atoms with Crippen LogP contribution in [-0.2, 0) is 11.2 Å². The van der Waals surface area contributed by atoms with Gasteiger partial charge in [0.25, 0.3) is 0 Å². The third-order valence-corrected chi connectivity index (χ3v) is 5.34. The quantitative estimate of drug-likeness (QED) is 0.648. The van der Waals surface area contributed by atoms with E-state index in [9.17, 15) is 4.79 Å². The molecule has 1 amide bonds. The molecule has 0 bridgehead atoms. The third-order valence-electron chi connectivity index (χ3n) is 5.34. The standard InChI is InChI=1S/C22H26N6O2/c1-30-19-7-2-5-17(15-19)10-12-23-22(29)18-6-3-13-27(16-18)20-8-9-21(26-25-20)28-14-4-11-24-28/h2,4-5,7-9,11,14-15,18H,3,6,10,12-13,16H2,1H3,(H,23,29)/t18-/m1/s1. The molecule has 1 N–H and O–H groups in total. The molecule has 1 aromatic carbocycles. The fourth-order valence-corrected chi connectivity index (χ4v) is 3.71. The van der Waals surface area contributed by atoms with Crippen LogP contribution in [-0.4, -0.2) is 52.6 Å². The second-order valence-corrected chi connectivity index (χ2v) is 7.38. The number of aromatic nitrogens is 4. The number of carbonyl (C=O) groups is 1. The highest BCUT2D eigenvalue weighted by Gasteiger charge is 2.26. The molecule has 3 heterocycles. The highest BCUT2D eigenvalue weighted by molar-refractivity contribution is 5.79. The predicted octanol–water partition coefficient (Wildman–Crippen LogP) is 2.25.